The van der Waals surface area contributed by atoms with Gasteiger partial charge in [0.25, 0.3) is 0 Å². The van der Waals surface area contributed by atoms with Crippen molar-refractivity contribution in [1.82, 2.24) is 10.2 Å². The van der Waals surface area contributed by atoms with E-state index in [1.807, 2.05) is 35.7 Å². The molecule has 106 valence electrons. The first-order valence-corrected chi connectivity index (χ1v) is 7.38. The van der Waals surface area contributed by atoms with Crippen LogP contribution < -0.4 is 5.32 Å². The maximum Gasteiger partial charge on any atom is 0.358 e. The summed E-state index contributed by atoms with van der Waals surface area (Å²) in [4.78, 5) is 12.6. The van der Waals surface area contributed by atoms with Crippen LogP contribution in [-0.2, 0) is 6.42 Å². The number of hydrogen-bond donors (Lipinski definition) is 2. The van der Waals surface area contributed by atoms with Crippen LogP contribution in [0.15, 0.2) is 41.8 Å². The molecule has 0 radical (unpaired) electrons. The van der Waals surface area contributed by atoms with Crippen molar-refractivity contribution in [1.29, 1.82) is 0 Å². The lowest BCUT2D eigenvalue weighted by Gasteiger charge is -2.11. The predicted molar refractivity (Wildman–Crippen MR) is 83.0 cm³/mol. The Balaban J connectivity index is 1.90. The minimum absolute atomic E-state index is 0.0418. The summed E-state index contributed by atoms with van der Waals surface area (Å²) in [5, 5.41) is 23.0. The maximum absolute atomic E-state index is 11.3. The Morgan fingerprint density at radius 3 is 2.81 bits per heavy atom. The van der Waals surface area contributed by atoms with Crippen LogP contribution in [0.5, 0.6) is 0 Å². The van der Waals surface area contributed by atoms with Gasteiger partial charge in [-0.15, -0.1) is 21.5 Å². The molecule has 3 rings (SSSR count). The first-order chi connectivity index (χ1) is 10.3. The average Bonchev–Trinajstić information content (AvgIpc) is 3.00. The van der Waals surface area contributed by atoms with Gasteiger partial charge in [0, 0.05) is 16.8 Å². The van der Waals surface area contributed by atoms with E-state index in [-0.39, 0.29) is 5.69 Å². The van der Waals surface area contributed by atoms with Gasteiger partial charge in [0.2, 0.25) is 0 Å². The molecule has 0 amide bonds. The zero-order chi connectivity index (χ0) is 14.7. The number of fused-ring (bicyclic) bond motifs is 1. The molecule has 0 spiro atoms. The van der Waals surface area contributed by atoms with Gasteiger partial charge in [0.05, 0.1) is 11.2 Å². The highest BCUT2D eigenvalue weighted by Crippen LogP contribution is 2.24. The van der Waals surface area contributed by atoms with Crippen LogP contribution >= 0.6 is 11.3 Å². The molecule has 6 heteroatoms. The molecule has 0 aliphatic heterocycles. The van der Waals surface area contributed by atoms with E-state index in [4.69, 9.17) is 0 Å². The normalized spacial score (nSPS) is 10.7. The molecular formula is C15H13N3O2S. The minimum Gasteiger partial charge on any atom is -0.476 e. The fourth-order valence-corrected chi connectivity index (χ4v) is 2.86. The Kier molecular flexibility index (Phi) is 3.79. The molecule has 2 heterocycles. The highest BCUT2D eigenvalue weighted by atomic mass is 32.1. The van der Waals surface area contributed by atoms with Gasteiger partial charge in [-0.2, -0.15) is 0 Å². The van der Waals surface area contributed by atoms with Crippen molar-refractivity contribution >= 4 is 33.9 Å². The third-order valence-corrected chi connectivity index (χ3v) is 4.06. The first-order valence-electron chi connectivity index (χ1n) is 6.50. The number of carboxylic acid groups (broad SMARTS) is 1. The van der Waals surface area contributed by atoms with Crippen molar-refractivity contribution < 1.29 is 9.90 Å². The fraction of sp³-hybridized carbons (Fsp3) is 0.133. The topological polar surface area (TPSA) is 75.1 Å². The van der Waals surface area contributed by atoms with Crippen molar-refractivity contribution in [2.24, 2.45) is 0 Å². The second-order valence-electron chi connectivity index (χ2n) is 4.50. The molecular weight excluding hydrogens is 286 g/mol. The van der Waals surface area contributed by atoms with Gasteiger partial charge in [0.15, 0.2) is 5.69 Å². The molecule has 0 bridgehead atoms. The van der Waals surface area contributed by atoms with Crippen LogP contribution in [0.4, 0.5) is 5.69 Å². The third kappa shape index (κ3) is 2.85. The van der Waals surface area contributed by atoms with Crippen LogP contribution in [0.25, 0.3) is 10.9 Å². The number of nitrogens with zero attached hydrogens (tertiary/aromatic N) is 2. The second-order valence-corrected chi connectivity index (χ2v) is 5.53. The summed E-state index contributed by atoms with van der Waals surface area (Å²) in [7, 11) is 0. The zero-order valence-corrected chi connectivity index (χ0v) is 11.9. The highest BCUT2D eigenvalue weighted by molar-refractivity contribution is 7.09. The molecule has 21 heavy (non-hydrogen) atoms. The largest absolute Gasteiger partial charge is 0.476 e. The zero-order valence-electron chi connectivity index (χ0n) is 11.1. The maximum atomic E-state index is 11.3. The van der Waals surface area contributed by atoms with Crippen LogP contribution in [0.3, 0.4) is 0 Å². The Morgan fingerprint density at radius 1 is 1.19 bits per heavy atom. The predicted octanol–water partition coefficient (Wildman–Crippen LogP) is 3.04. The molecule has 0 aliphatic rings. The lowest BCUT2D eigenvalue weighted by Crippen LogP contribution is -2.12. The van der Waals surface area contributed by atoms with E-state index in [2.05, 4.69) is 21.6 Å². The standard InChI is InChI=1S/C15H13N3O2S/c19-15(20)14-13(16-8-7-10-4-3-9-21-10)11-5-1-2-6-12(11)17-18-14/h1-6,9H,7-8H2,(H,16,17)(H,19,20). The van der Waals surface area contributed by atoms with Gasteiger partial charge in [-0.1, -0.05) is 24.3 Å². The third-order valence-electron chi connectivity index (χ3n) is 3.12. The van der Waals surface area contributed by atoms with E-state index in [1.165, 1.54) is 4.88 Å². The number of rotatable bonds is 5. The molecule has 0 fully saturated rings. The van der Waals surface area contributed by atoms with E-state index in [9.17, 15) is 9.90 Å². The molecule has 0 aliphatic carbocycles. The summed E-state index contributed by atoms with van der Waals surface area (Å²) in [6, 6.07) is 11.5. The van der Waals surface area contributed by atoms with Gasteiger partial charge < -0.3 is 10.4 Å². The van der Waals surface area contributed by atoms with E-state index in [1.54, 1.807) is 11.3 Å². The molecule has 1 aromatic carbocycles. The summed E-state index contributed by atoms with van der Waals surface area (Å²) in [5.41, 5.74) is 1.17. The number of anilines is 1. The quantitative estimate of drug-likeness (QED) is 0.757. The number of benzene rings is 1. The fourth-order valence-electron chi connectivity index (χ4n) is 2.15. The van der Waals surface area contributed by atoms with Gasteiger partial charge in [-0.05, 0) is 23.9 Å². The Hall–Kier alpha value is -2.47. The molecule has 0 saturated carbocycles. The van der Waals surface area contributed by atoms with Crippen LogP contribution in [0, 0.1) is 0 Å². The summed E-state index contributed by atoms with van der Waals surface area (Å²) >= 11 is 1.69. The van der Waals surface area contributed by atoms with E-state index in [0.717, 1.165) is 11.8 Å². The Bertz CT molecular complexity index is 772. The number of carbonyl (C=O) groups is 1. The summed E-state index contributed by atoms with van der Waals surface area (Å²) in [6.45, 7) is 0.649. The van der Waals surface area contributed by atoms with Gasteiger partial charge in [-0.3, -0.25) is 0 Å². The van der Waals surface area contributed by atoms with Crippen LogP contribution in [0.1, 0.15) is 15.4 Å². The van der Waals surface area contributed by atoms with Crippen molar-refractivity contribution in [2.45, 2.75) is 6.42 Å². The minimum atomic E-state index is -1.08. The number of hydrogen-bond acceptors (Lipinski definition) is 5. The SMILES string of the molecule is O=C(O)c1nnc2ccccc2c1NCCc1cccs1. The first kappa shape index (κ1) is 13.5. The summed E-state index contributed by atoms with van der Waals surface area (Å²) in [6.07, 6.45) is 0.841. The number of aromatic carboxylic acids is 1. The van der Waals surface area contributed by atoms with Gasteiger partial charge in [-0.25, -0.2) is 4.79 Å². The van der Waals surface area contributed by atoms with Crippen molar-refractivity contribution in [3.63, 3.8) is 0 Å². The van der Waals surface area contributed by atoms with E-state index in [0.29, 0.717) is 17.7 Å². The van der Waals surface area contributed by atoms with Crippen molar-refractivity contribution in [3.05, 3.63) is 52.3 Å². The highest BCUT2D eigenvalue weighted by Gasteiger charge is 2.16. The molecule has 0 saturated heterocycles. The average molecular weight is 299 g/mol. The smallest absolute Gasteiger partial charge is 0.358 e. The molecule has 2 aromatic heterocycles. The van der Waals surface area contributed by atoms with Crippen LogP contribution in [0.2, 0.25) is 0 Å². The molecule has 2 N–H and O–H groups in total. The summed E-state index contributed by atoms with van der Waals surface area (Å²) in [5.74, 6) is -1.08. The molecule has 5 nitrogen and oxygen atoms in total. The summed E-state index contributed by atoms with van der Waals surface area (Å²) < 4.78 is 0. The lowest BCUT2D eigenvalue weighted by molar-refractivity contribution is 0.0690. The number of nitrogens with one attached hydrogen (secondary N) is 1. The lowest BCUT2D eigenvalue weighted by atomic mass is 10.1. The van der Waals surface area contributed by atoms with Gasteiger partial charge in [0.1, 0.15) is 0 Å². The van der Waals surface area contributed by atoms with E-state index >= 15 is 0 Å². The van der Waals surface area contributed by atoms with E-state index < -0.39 is 5.97 Å². The second kappa shape index (κ2) is 5.88. The van der Waals surface area contributed by atoms with Crippen molar-refractivity contribution in [3.8, 4) is 0 Å². The number of aromatic nitrogens is 2. The van der Waals surface area contributed by atoms with Crippen LogP contribution in [-0.4, -0.2) is 27.8 Å². The molecule has 0 unspecified atom stereocenters. The van der Waals surface area contributed by atoms with Crippen molar-refractivity contribution in [2.75, 3.05) is 11.9 Å². The monoisotopic (exact) mass is 299 g/mol. The molecule has 3 aromatic rings. The number of thiophene rings is 1. The Morgan fingerprint density at radius 2 is 2.05 bits per heavy atom. The molecule has 0 atom stereocenters. The van der Waals surface area contributed by atoms with Gasteiger partial charge >= 0.3 is 5.97 Å². The number of carboxylic acids is 1. The Labute approximate surface area is 125 Å².